The Morgan fingerprint density at radius 3 is 2.24 bits per heavy atom. The van der Waals surface area contributed by atoms with Crippen molar-refractivity contribution in [3.63, 3.8) is 0 Å². The Labute approximate surface area is 129 Å². The second-order valence-corrected chi connectivity index (χ2v) is 9.15. The van der Waals surface area contributed by atoms with Gasteiger partial charge in [-0.15, -0.1) is 0 Å². The van der Waals surface area contributed by atoms with Crippen molar-refractivity contribution in [1.82, 2.24) is 14.8 Å². The van der Waals surface area contributed by atoms with E-state index < -0.39 is 0 Å². The number of aromatic nitrogens is 3. The van der Waals surface area contributed by atoms with Crippen LogP contribution in [-0.2, 0) is 13.0 Å². The minimum Gasteiger partial charge on any atom is -0.325 e. The first-order valence-electron chi connectivity index (χ1n) is 8.16. The Balaban J connectivity index is 2.19. The molecule has 0 spiro atoms. The Kier molecular flexibility index (Phi) is 4.22. The minimum atomic E-state index is -0.174. The maximum Gasteiger partial charge on any atom is 0.138 e. The Bertz CT molecular complexity index is 469. The predicted octanol–water partition coefficient (Wildman–Crippen LogP) is 3.41. The summed E-state index contributed by atoms with van der Waals surface area (Å²) >= 11 is 0. The fraction of sp³-hybridized carbons (Fsp3) is 0.882. The lowest BCUT2D eigenvalue weighted by Gasteiger charge is -2.50. The van der Waals surface area contributed by atoms with Crippen molar-refractivity contribution in [3.8, 4) is 0 Å². The highest BCUT2D eigenvalue weighted by molar-refractivity contribution is 5.06. The first-order chi connectivity index (χ1) is 9.50. The van der Waals surface area contributed by atoms with E-state index in [0.29, 0.717) is 16.7 Å². The third-order valence-corrected chi connectivity index (χ3v) is 4.36. The van der Waals surface area contributed by atoms with Gasteiger partial charge in [-0.2, -0.15) is 5.10 Å². The first-order valence-corrected chi connectivity index (χ1v) is 8.16. The summed E-state index contributed by atoms with van der Waals surface area (Å²) in [6.07, 6.45) is 5.83. The molecular weight excluding hydrogens is 260 g/mol. The van der Waals surface area contributed by atoms with Gasteiger partial charge in [0, 0.05) is 18.5 Å². The van der Waals surface area contributed by atoms with Gasteiger partial charge in [-0.05, 0) is 36.0 Å². The monoisotopic (exact) mass is 292 g/mol. The summed E-state index contributed by atoms with van der Waals surface area (Å²) in [5.41, 5.74) is 7.23. The number of hydrogen-bond acceptors (Lipinski definition) is 3. The topological polar surface area (TPSA) is 56.7 Å². The molecule has 1 heterocycles. The van der Waals surface area contributed by atoms with Crippen LogP contribution in [0.3, 0.4) is 0 Å². The highest BCUT2D eigenvalue weighted by atomic mass is 15.3. The third-order valence-electron chi connectivity index (χ3n) is 4.36. The number of hydrogen-bond donors (Lipinski definition) is 1. The largest absolute Gasteiger partial charge is 0.325 e. The van der Waals surface area contributed by atoms with Crippen molar-refractivity contribution < 1.29 is 0 Å². The van der Waals surface area contributed by atoms with Crippen LogP contribution in [0, 0.1) is 16.7 Å². The number of nitrogens with two attached hydrogens (primary N) is 1. The molecular formula is C17H32N4. The molecule has 1 aromatic rings. The summed E-state index contributed by atoms with van der Waals surface area (Å²) in [5.74, 6) is 1.61. The van der Waals surface area contributed by atoms with Crippen LogP contribution >= 0.6 is 0 Å². The molecule has 0 saturated heterocycles. The lowest BCUT2D eigenvalue weighted by atomic mass is 9.58. The van der Waals surface area contributed by atoms with E-state index in [1.807, 2.05) is 4.68 Å². The van der Waals surface area contributed by atoms with Gasteiger partial charge in [-0.25, -0.2) is 9.67 Å². The maximum absolute atomic E-state index is 6.82. The highest BCUT2D eigenvalue weighted by Gasteiger charge is 2.45. The van der Waals surface area contributed by atoms with Crippen LogP contribution in [0.1, 0.15) is 66.6 Å². The summed E-state index contributed by atoms with van der Waals surface area (Å²) < 4.78 is 2.04. The van der Waals surface area contributed by atoms with Gasteiger partial charge in [0.25, 0.3) is 0 Å². The molecule has 1 fully saturated rings. The summed E-state index contributed by atoms with van der Waals surface area (Å²) in [7, 11) is 0. The van der Waals surface area contributed by atoms with Gasteiger partial charge in [0.15, 0.2) is 0 Å². The average molecular weight is 292 g/mol. The fourth-order valence-corrected chi connectivity index (χ4v) is 4.75. The lowest BCUT2D eigenvalue weighted by Crippen LogP contribution is -2.53. The van der Waals surface area contributed by atoms with E-state index in [4.69, 9.17) is 5.73 Å². The smallest absolute Gasteiger partial charge is 0.138 e. The molecule has 4 heteroatoms. The van der Waals surface area contributed by atoms with Gasteiger partial charge in [-0.1, -0.05) is 41.5 Å². The zero-order valence-corrected chi connectivity index (χ0v) is 14.6. The molecule has 0 atom stereocenters. The van der Waals surface area contributed by atoms with Gasteiger partial charge in [0.2, 0.25) is 0 Å². The van der Waals surface area contributed by atoms with E-state index in [9.17, 15) is 0 Å². The van der Waals surface area contributed by atoms with Gasteiger partial charge >= 0.3 is 0 Å². The van der Waals surface area contributed by atoms with Gasteiger partial charge < -0.3 is 5.73 Å². The van der Waals surface area contributed by atoms with Crippen LogP contribution < -0.4 is 5.73 Å². The Hall–Kier alpha value is -0.900. The Morgan fingerprint density at radius 1 is 1.14 bits per heavy atom. The predicted molar refractivity (Wildman–Crippen MR) is 86.9 cm³/mol. The normalized spacial score (nSPS) is 23.4. The maximum atomic E-state index is 6.82. The van der Waals surface area contributed by atoms with Crippen molar-refractivity contribution in [2.45, 2.75) is 79.3 Å². The summed E-state index contributed by atoms with van der Waals surface area (Å²) in [4.78, 5) is 4.48. The third kappa shape index (κ3) is 4.29. The number of nitrogens with zero attached hydrogens (tertiary/aromatic N) is 3. The minimum absolute atomic E-state index is 0.174. The molecule has 0 amide bonds. The lowest BCUT2D eigenvalue weighted by molar-refractivity contribution is 0.0472. The van der Waals surface area contributed by atoms with Crippen LogP contribution in [0.25, 0.3) is 0 Å². The summed E-state index contributed by atoms with van der Waals surface area (Å²) in [6.45, 7) is 14.7. The van der Waals surface area contributed by atoms with Gasteiger partial charge in [-0.3, -0.25) is 0 Å². The van der Waals surface area contributed by atoms with E-state index in [2.05, 4.69) is 51.6 Å². The molecule has 0 aliphatic heterocycles. The van der Waals surface area contributed by atoms with Crippen LogP contribution in [0.15, 0.2) is 6.33 Å². The SMILES string of the molecule is CC(C)Cn1ncnc1CC1(N)CC(C)(C)CC(C)(C)C1. The van der Waals surface area contributed by atoms with Crippen molar-refractivity contribution in [2.75, 3.05) is 0 Å². The van der Waals surface area contributed by atoms with Gasteiger partial charge in [0.05, 0.1) is 0 Å². The Morgan fingerprint density at radius 2 is 1.71 bits per heavy atom. The fourth-order valence-electron chi connectivity index (χ4n) is 4.75. The highest BCUT2D eigenvalue weighted by Crippen LogP contribution is 2.49. The zero-order chi connectivity index (χ0) is 15.9. The van der Waals surface area contributed by atoms with Crippen molar-refractivity contribution in [1.29, 1.82) is 0 Å². The first kappa shape index (κ1) is 16.5. The number of rotatable bonds is 4. The molecule has 0 radical (unpaired) electrons. The van der Waals surface area contributed by atoms with E-state index in [1.165, 1.54) is 6.42 Å². The molecule has 1 aliphatic carbocycles. The molecule has 21 heavy (non-hydrogen) atoms. The quantitative estimate of drug-likeness (QED) is 0.925. The molecule has 120 valence electrons. The molecule has 2 N–H and O–H groups in total. The van der Waals surface area contributed by atoms with Crippen molar-refractivity contribution in [2.24, 2.45) is 22.5 Å². The van der Waals surface area contributed by atoms with Gasteiger partial charge in [0.1, 0.15) is 12.2 Å². The molecule has 2 rings (SSSR count). The second kappa shape index (κ2) is 5.38. The van der Waals surface area contributed by atoms with Crippen molar-refractivity contribution in [3.05, 3.63) is 12.2 Å². The molecule has 0 aromatic carbocycles. The average Bonchev–Trinajstić information content (AvgIpc) is 2.57. The summed E-state index contributed by atoms with van der Waals surface area (Å²) in [5, 5.41) is 4.38. The standard InChI is InChI=1S/C17H32N4/c1-13(2)8-21-14(19-12-20-21)7-17(18)10-15(3,4)9-16(5,6)11-17/h12-13H,7-11,18H2,1-6H3. The van der Waals surface area contributed by atoms with Crippen LogP contribution in [0.4, 0.5) is 0 Å². The molecule has 1 aromatic heterocycles. The molecule has 0 unspecified atom stereocenters. The molecule has 0 bridgehead atoms. The molecule has 1 aliphatic rings. The van der Waals surface area contributed by atoms with Crippen LogP contribution in [-0.4, -0.2) is 20.3 Å². The second-order valence-electron chi connectivity index (χ2n) is 9.15. The zero-order valence-electron chi connectivity index (χ0n) is 14.6. The van der Waals surface area contributed by atoms with E-state index in [-0.39, 0.29) is 5.54 Å². The van der Waals surface area contributed by atoms with Crippen molar-refractivity contribution >= 4 is 0 Å². The van der Waals surface area contributed by atoms with E-state index in [1.54, 1.807) is 6.33 Å². The molecule has 4 nitrogen and oxygen atoms in total. The summed E-state index contributed by atoms with van der Waals surface area (Å²) in [6, 6.07) is 0. The van der Waals surface area contributed by atoms with E-state index in [0.717, 1.165) is 31.6 Å². The van der Waals surface area contributed by atoms with Crippen LogP contribution in [0.5, 0.6) is 0 Å². The molecule has 1 saturated carbocycles. The van der Waals surface area contributed by atoms with Crippen LogP contribution in [0.2, 0.25) is 0 Å². The van der Waals surface area contributed by atoms with E-state index >= 15 is 0 Å².